The van der Waals surface area contributed by atoms with E-state index in [1.54, 1.807) is 0 Å². The fourth-order valence-corrected chi connectivity index (χ4v) is 7.94. The van der Waals surface area contributed by atoms with E-state index in [0.29, 0.717) is 0 Å². The van der Waals surface area contributed by atoms with Crippen molar-refractivity contribution in [1.29, 1.82) is 0 Å². The fraction of sp³-hybridized carbons (Fsp3) is 0.0545. The Morgan fingerprint density at radius 2 is 0.702 bits per heavy atom. The van der Waals surface area contributed by atoms with Gasteiger partial charge in [-0.2, -0.15) is 0 Å². The van der Waals surface area contributed by atoms with E-state index < -0.39 is 0 Å². The summed E-state index contributed by atoms with van der Waals surface area (Å²) in [6, 6.07) is 76.7. The van der Waals surface area contributed by atoms with Crippen LogP contribution in [0.1, 0.15) is 30.5 Å². The Morgan fingerprint density at radius 3 is 1.14 bits per heavy atom. The molecule has 0 spiro atoms. The molecule has 0 radical (unpaired) electrons. The van der Waals surface area contributed by atoms with Crippen LogP contribution in [-0.4, -0.2) is 0 Å². The lowest BCUT2D eigenvalue weighted by atomic mass is 9.78. The molecule has 9 aromatic rings. The Kier molecular flexibility index (Phi) is 9.46. The van der Waals surface area contributed by atoms with Crippen molar-refractivity contribution >= 4 is 61.7 Å². The van der Waals surface area contributed by atoms with Crippen LogP contribution in [0.25, 0.3) is 38.7 Å². The van der Waals surface area contributed by atoms with Gasteiger partial charge in [-0.1, -0.05) is 166 Å². The first-order chi connectivity index (χ1) is 27.9. The van der Waals surface area contributed by atoms with Crippen LogP contribution >= 0.6 is 0 Å². The summed E-state index contributed by atoms with van der Waals surface area (Å²) < 4.78 is 0. The van der Waals surface area contributed by atoms with E-state index in [1.165, 1.54) is 43.8 Å². The lowest BCUT2D eigenvalue weighted by Gasteiger charge is -2.29. The zero-order chi connectivity index (χ0) is 38.8. The van der Waals surface area contributed by atoms with Gasteiger partial charge in [0.1, 0.15) is 0 Å². The van der Waals surface area contributed by atoms with Crippen LogP contribution < -0.4 is 9.80 Å². The molecule has 0 atom stereocenters. The number of hydrogen-bond acceptors (Lipinski definition) is 2. The zero-order valence-corrected chi connectivity index (χ0v) is 32.4. The first-order valence-corrected chi connectivity index (χ1v) is 19.6. The van der Waals surface area contributed by atoms with Gasteiger partial charge in [-0.3, -0.25) is 0 Å². The number of rotatable bonds is 10. The van der Waals surface area contributed by atoms with Crippen LogP contribution in [-0.2, 0) is 5.41 Å². The second kappa shape index (κ2) is 15.2. The first-order valence-electron chi connectivity index (χ1n) is 19.6. The maximum atomic E-state index is 3.92. The number of para-hydroxylation sites is 1. The highest BCUT2D eigenvalue weighted by molar-refractivity contribution is 5.91. The smallest absolute Gasteiger partial charge is 0.0468 e. The molecule has 0 unspecified atom stereocenters. The average Bonchev–Trinajstić information content (AvgIpc) is 3.27. The summed E-state index contributed by atoms with van der Waals surface area (Å²) >= 11 is 0. The van der Waals surface area contributed by atoms with E-state index in [9.17, 15) is 0 Å². The monoisotopic (exact) mass is 732 g/mol. The van der Waals surface area contributed by atoms with Crippen molar-refractivity contribution in [2.24, 2.45) is 0 Å². The third-order valence-corrected chi connectivity index (χ3v) is 11.3. The van der Waals surface area contributed by atoms with Crippen LogP contribution in [0.3, 0.4) is 0 Å². The predicted molar refractivity (Wildman–Crippen MR) is 245 cm³/mol. The van der Waals surface area contributed by atoms with Crippen LogP contribution in [0, 0.1) is 0 Å². The molecular weight excluding hydrogens is 689 g/mol. The standard InChI is InChI=1S/C55H44N2/c1-4-40-18-26-47(27-19-40)55(2,3)48-28-36-52(37-29-48)57(54-35-25-42-13-9-11-15-46(42)39-54)51-32-22-44(23-33-51)43-20-30-50(31-21-43)56(49-16-6-5-7-17-49)53-34-24-41-12-8-10-14-45(41)38-53/h4-39H,1H2,2-3H3. The van der Waals surface area contributed by atoms with Crippen LogP contribution in [0.4, 0.5) is 34.1 Å². The first kappa shape index (κ1) is 35.5. The van der Waals surface area contributed by atoms with Gasteiger partial charge in [0, 0.05) is 39.5 Å². The highest BCUT2D eigenvalue weighted by Gasteiger charge is 2.24. The Labute approximate surface area is 336 Å². The van der Waals surface area contributed by atoms with Gasteiger partial charge in [-0.25, -0.2) is 0 Å². The Morgan fingerprint density at radius 1 is 0.351 bits per heavy atom. The Hall–Kier alpha value is -7.16. The summed E-state index contributed by atoms with van der Waals surface area (Å²) in [4.78, 5) is 4.68. The van der Waals surface area contributed by atoms with Gasteiger partial charge < -0.3 is 9.80 Å². The minimum Gasteiger partial charge on any atom is -0.310 e. The normalized spacial score (nSPS) is 11.4. The summed E-state index contributed by atoms with van der Waals surface area (Å²) in [5, 5.41) is 4.90. The fourth-order valence-electron chi connectivity index (χ4n) is 7.94. The lowest BCUT2D eigenvalue weighted by Crippen LogP contribution is -2.19. The summed E-state index contributed by atoms with van der Waals surface area (Å²) in [7, 11) is 0. The average molecular weight is 733 g/mol. The number of anilines is 6. The quantitative estimate of drug-likeness (QED) is 0.138. The molecule has 9 aromatic carbocycles. The van der Waals surface area contributed by atoms with Gasteiger partial charge in [-0.05, 0) is 122 Å². The van der Waals surface area contributed by atoms with Crippen LogP contribution in [0.2, 0.25) is 0 Å². The molecule has 0 saturated carbocycles. The van der Waals surface area contributed by atoms with Crippen molar-refractivity contribution in [3.63, 3.8) is 0 Å². The molecule has 0 N–H and O–H groups in total. The highest BCUT2D eigenvalue weighted by Crippen LogP contribution is 2.41. The van der Waals surface area contributed by atoms with E-state index in [1.807, 2.05) is 6.08 Å². The van der Waals surface area contributed by atoms with Crippen molar-refractivity contribution in [2.45, 2.75) is 19.3 Å². The maximum absolute atomic E-state index is 3.92. The van der Waals surface area contributed by atoms with Gasteiger partial charge in [0.25, 0.3) is 0 Å². The molecule has 274 valence electrons. The Bertz CT molecular complexity index is 2800. The molecule has 2 nitrogen and oxygen atoms in total. The van der Waals surface area contributed by atoms with Gasteiger partial charge in [0.15, 0.2) is 0 Å². The number of fused-ring (bicyclic) bond motifs is 2. The van der Waals surface area contributed by atoms with Crippen molar-refractivity contribution in [1.82, 2.24) is 0 Å². The second-order valence-corrected chi connectivity index (χ2v) is 15.2. The van der Waals surface area contributed by atoms with Gasteiger partial charge in [0.05, 0.1) is 0 Å². The SMILES string of the molecule is C=Cc1ccc(C(C)(C)c2ccc(N(c3ccc(-c4ccc(N(c5ccccc5)c5ccc6ccccc6c5)cc4)cc3)c3ccc4ccccc4c3)cc2)cc1. The zero-order valence-electron chi connectivity index (χ0n) is 32.4. The molecule has 0 fully saturated rings. The molecule has 0 amide bonds. The molecule has 2 heteroatoms. The highest BCUT2D eigenvalue weighted by atomic mass is 15.1. The van der Waals surface area contributed by atoms with Gasteiger partial charge >= 0.3 is 0 Å². The summed E-state index contributed by atoms with van der Waals surface area (Å²) in [5.74, 6) is 0. The van der Waals surface area contributed by atoms with E-state index in [4.69, 9.17) is 0 Å². The molecule has 0 saturated heterocycles. The molecule has 0 heterocycles. The van der Waals surface area contributed by atoms with E-state index in [0.717, 1.165) is 39.7 Å². The third kappa shape index (κ3) is 7.10. The van der Waals surface area contributed by atoms with Crippen molar-refractivity contribution < 1.29 is 0 Å². The molecule has 0 aliphatic carbocycles. The topological polar surface area (TPSA) is 6.48 Å². The molecule has 0 aliphatic rings. The van der Waals surface area contributed by atoms with Gasteiger partial charge in [-0.15, -0.1) is 0 Å². The summed E-state index contributed by atoms with van der Waals surface area (Å²) in [6.07, 6.45) is 1.89. The minimum atomic E-state index is -0.156. The molecule has 57 heavy (non-hydrogen) atoms. The predicted octanol–water partition coefficient (Wildman–Crippen LogP) is 15.6. The maximum Gasteiger partial charge on any atom is 0.0468 e. The molecular formula is C55H44N2. The minimum absolute atomic E-state index is 0.156. The van der Waals surface area contributed by atoms with Crippen molar-refractivity contribution in [3.05, 3.63) is 236 Å². The second-order valence-electron chi connectivity index (χ2n) is 15.2. The third-order valence-electron chi connectivity index (χ3n) is 11.3. The van der Waals surface area contributed by atoms with Crippen molar-refractivity contribution in [2.75, 3.05) is 9.80 Å². The van der Waals surface area contributed by atoms with E-state index in [2.05, 4.69) is 243 Å². The van der Waals surface area contributed by atoms with Gasteiger partial charge in [0.2, 0.25) is 0 Å². The summed E-state index contributed by atoms with van der Waals surface area (Å²) in [5.41, 5.74) is 12.5. The molecule has 0 bridgehead atoms. The molecule has 0 aliphatic heterocycles. The molecule has 0 aromatic heterocycles. The lowest BCUT2D eigenvalue weighted by molar-refractivity contribution is 0.641. The largest absolute Gasteiger partial charge is 0.310 e. The number of nitrogens with zero attached hydrogens (tertiary/aromatic N) is 2. The number of benzene rings is 9. The van der Waals surface area contributed by atoms with Crippen LogP contribution in [0.5, 0.6) is 0 Å². The molecule has 9 rings (SSSR count). The summed E-state index contributed by atoms with van der Waals surface area (Å²) in [6.45, 7) is 8.51. The Balaban J connectivity index is 1.04. The van der Waals surface area contributed by atoms with Crippen LogP contribution in [0.15, 0.2) is 219 Å². The number of hydrogen-bond donors (Lipinski definition) is 0. The van der Waals surface area contributed by atoms with Crippen molar-refractivity contribution in [3.8, 4) is 11.1 Å². The van der Waals surface area contributed by atoms with E-state index >= 15 is 0 Å². The van der Waals surface area contributed by atoms with E-state index in [-0.39, 0.29) is 5.41 Å².